The van der Waals surface area contributed by atoms with Crippen LogP contribution in [0.4, 0.5) is 10.5 Å². The molecule has 0 unspecified atom stereocenters. The molecule has 0 bridgehead atoms. The zero-order chi connectivity index (χ0) is 24.8. The van der Waals surface area contributed by atoms with Gasteiger partial charge in [-0.05, 0) is 48.9 Å². The van der Waals surface area contributed by atoms with Gasteiger partial charge in [0.25, 0.3) is 11.8 Å². The third-order valence-electron chi connectivity index (χ3n) is 5.25. The number of aryl methyl sites for hydroxylation is 1. The lowest BCUT2D eigenvalue weighted by Gasteiger charge is -2.26. The Hall–Kier alpha value is -4.83. The summed E-state index contributed by atoms with van der Waals surface area (Å²) in [7, 11) is 0. The Balaban J connectivity index is 1.54. The Morgan fingerprint density at radius 3 is 2.37 bits per heavy atom. The summed E-state index contributed by atoms with van der Waals surface area (Å²) in [6.45, 7) is 2.43. The number of nitrogens with zero attached hydrogens (tertiary/aromatic N) is 1. The van der Waals surface area contributed by atoms with Gasteiger partial charge in [-0.15, -0.1) is 6.42 Å². The molecule has 4 amide bonds. The highest BCUT2D eigenvalue weighted by Gasteiger charge is 2.37. The number of imide groups is 2. The molecule has 0 aliphatic carbocycles. The number of barbiturate groups is 1. The van der Waals surface area contributed by atoms with E-state index in [0.717, 1.165) is 16.0 Å². The van der Waals surface area contributed by atoms with Gasteiger partial charge in [0.15, 0.2) is 0 Å². The lowest BCUT2D eigenvalue weighted by atomic mass is 10.1. The van der Waals surface area contributed by atoms with E-state index in [1.165, 1.54) is 6.08 Å². The molecule has 35 heavy (non-hydrogen) atoms. The van der Waals surface area contributed by atoms with Crippen molar-refractivity contribution in [3.05, 3.63) is 95.1 Å². The van der Waals surface area contributed by atoms with Crippen molar-refractivity contribution in [3.8, 4) is 23.8 Å². The number of amides is 4. The first kappa shape index (κ1) is 23.3. The molecule has 1 aliphatic heterocycles. The van der Waals surface area contributed by atoms with Gasteiger partial charge in [0.05, 0.1) is 5.69 Å². The zero-order valence-corrected chi connectivity index (χ0v) is 19.0. The van der Waals surface area contributed by atoms with Gasteiger partial charge < -0.3 is 9.47 Å². The van der Waals surface area contributed by atoms with Gasteiger partial charge in [-0.3, -0.25) is 14.9 Å². The molecule has 1 aliphatic rings. The minimum Gasteiger partial charge on any atom is -0.489 e. The highest BCUT2D eigenvalue weighted by Crippen LogP contribution is 2.27. The van der Waals surface area contributed by atoms with Crippen LogP contribution in [0.3, 0.4) is 0 Å². The van der Waals surface area contributed by atoms with Crippen molar-refractivity contribution >= 4 is 29.6 Å². The van der Waals surface area contributed by atoms with Crippen molar-refractivity contribution < 1.29 is 23.9 Å². The van der Waals surface area contributed by atoms with E-state index in [-0.39, 0.29) is 12.2 Å². The van der Waals surface area contributed by atoms with E-state index in [1.54, 1.807) is 48.5 Å². The molecular weight excluding hydrogens is 444 g/mol. The van der Waals surface area contributed by atoms with Crippen LogP contribution in [0.1, 0.15) is 16.7 Å². The summed E-state index contributed by atoms with van der Waals surface area (Å²) in [5.41, 5.74) is 2.75. The van der Waals surface area contributed by atoms with Crippen LogP contribution < -0.4 is 19.7 Å². The van der Waals surface area contributed by atoms with Gasteiger partial charge in [-0.1, -0.05) is 53.9 Å². The van der Waals surface area contributed by atoms with Gasteiger partial charge in [-0.25, -0.2) is 9.69 Å². The number of para-hydroxylation sites is 1. The molecule has 174 valence electrons. The molecule has 7 nitrogen and oxygen atoms in total. The molecule has 1 saturated heterocycles. The third kappa shape index (κ3) is 5.40. The van der Waals surface area contributed by atoms with Gasteiger partial charge >= 0.3 is 6.03 Å². The van der Waals surface area contributed by atoms with Crippen LogP contribution in [0, 0.1) is 19.3 Å². The maximum Gasteiger partial charge on any atom is 0.335 e. The molecule has 1 heterocycles. The van der Waals surface area contributed by atoms with E-state index in [4.69, 9.17) is 15.9 Å². The fourth-order valence-corrected chi connectivity index (χ4v) is 3.44. The summed E-state index contributed by atoms with van der Waals surface area (Å²) in [5.74, 6) is 1.82. The van der Waals surface area contributed by atoms with Crippen LogP contribution in [0.25, 0.3) is 6.08 Å². The van der Waals surface area contributed by atoms with E-state index >= 15 is 0 Å². The number of hydrogen-bond donors (Lipinski definition) is 1. The SMILES string of the molecule is C#CCOc1ccccc1/C=C1\C(=O)NC(=O)N(c2ccc(OCc3ccc(C)cc3)cc2)C1=O. The Morgan fingerprint density at radius 1 is 0.943 bits per heavy atom. The number of carbonyl (C=O) groups excluding carboxylic acids is 3. The number of nitrogens with one attached hydrogen (secondary N) is 1. The average molecular weight is 466 g/mol. The standard InChI is InChI=1S/C28H22N2O5/c1-3-16-34-25-7-5-4-6-21(25)17-24-26(31)29-28(33)30(27(24)32)22-12-14-23(15-13-22)35-18-20-10-8-19(2)9-11-20/h1,4-15,17H,16,18H2,2H3,(H,29,31,33)/b24-17+. The first-order chi connectivity index (χ1) is 17.0. The van der Waals surface area contributed by atoms with Crippen LogP contribution in [-0.4, -0.2) is 24.5 Å². The van der Waals surface area contributed by atoms with E-state index in [2.05, 4.69) is 11.2 Å². The van der Waals surface area contributed by atoms with Gasteiger partial charge in [0, 0.05) is 5.56 Å². The number of terminal acetylenes is 1. The molecule has 0 atom stereocenters. The van der Waals surface area contributed by atoms with Crippen molar-refractivity contribution in [1.29, 1.82) is 0 Å². The van der Waals surface area contributed by atoms with Gasteiger partial charge in [-0.2, -0.15) is 0 Å². The molecule has 1 fully saturated rings. The van der Waals surface area contributed by atoms with Crippen LogP contribution >= 0.6 is 0 Å². The summed E-state index contributed by atoms with van der Waals surface area (Å²) in [5, 5.41) is 2.21. The van der Waals surface area contributed by atoms with Gasteiger partial charge in [0.2, 0.25) is 0 Å². The molecule has 0 aromatic heterocycles. The third-order valence-corrected chi connectivity index (χ3v) is 5.25. The highest BCUT2D eigenvalue weighted by atomic mass is 16.5. The first-order valence-corrected chi connectivity index (χ1v) is 10.8. The molecular formula is C28H22N2O5. The smallest absolute Gasteiger partial charge is 0.335 e. The second kappa shape index (κ2) is 10.4. The van der Waals surface area contributed by atoms with E-state index < -0.39 is 17.8 Å². The largest absolute Gasteiger partial charge is 0.489 e. The van der Waals surface area contributed by atoms with Crippen molar-refractivity contribution in [3.63, 3.8) is 0 Å². The van der Waals surface area contributed by atoms with Crippen LogP contribution in [-0.2, 0) is 16.2 Å². The number of urea groups is 1. The summed E-state index contributed by atoms with van der Waals surface area (Å²) in [6.07, 6.45) is 6.63. The summed E-state index contributed by atoms with van der Waals surface area (Å²) in [6, 6.07) is 20.5. The first-order valence-electron chi connectivity index (χ1n) is 10.8. The number of benzene rings is 3. The average Bonchev–Trinajstić information content (AvgIpc) is 2.86. The highest BCUT2D eigenvalue weighted by molar-refractivity contribution is 6.39. The van der Waals surface area contributed by atoms with E-state index in [9.17, 15) is 14.4 Å². The monoisotopic (exact) mass is 466 g/mol. The summed E-state index contributed by atoms with van der Waals surface area (Å²) >= 11 is 0. The number of hydrogen-bond acceptors (Lipinski definition) is 5. The van der Waals surface area contributed by atoms with Crippen LogP contribution in [0.15, 0.2) is 78.4 Å². The lowest BCUT2D eigenvalue weighted by Crippen LogP contribution is -2.54. The van der Waals surface area contributed by atoms with Crippen LogP contribution in [0.5, 0.6) is 11.5 Å². The van der Waals surface area contributed by atoms with Gasteiger partial charge in [0.1, 0.15) is 30.3 Å². The number of carbonyl (C=O) groups is 3. The second-order valence-corrected chi connectivity index (χ2v) is 7.76. The second-order valence-electron chi connectivity index (χ2n) is 7.76. The van der Waals surface area contributed by atoms with Crippen molar-refractivity contribution in [1.82, 2.24) is 5.32 Å². The molecule has 3 aromatic rings. The minimum atomic E-state index is -0.831. The molecule has 1 N–H and O–H groups in total. The van der Waals surface area contributed by atoms with Crippen molar-refractivity contribution in [2.45, 2.75) is 13.5 Å². The topological polar surface area (TPSA) is 84.9 Å². The Morgan fingerprint density at radius 2 is 1.66 bits per heavy atom. The quantitative estimate of drug-likeness (QED) is 0.320. The molecule has 0 radical (unpaired) electrons. The normalized spacial score (nSPS) is 14.5. The zero-order valence-electron chi connectivity index (χ0n) is 19.0. The molecule has 3 aromatic carbocycles. The summed E-state index contributed by atoms with van der Waals surface area (Å²) in [4.78, 5) is 39.1. The van der Waals surface area contributed by atoms with Crippen molar-refractivity contribution in [2.24, 2.45) is 0 Å². The number of rotatable bonds is 7. The fourth-order valence-electron chi connectivity index (χ4n) is 3.44. The Kier molecular flexibility index (Phi) is 6.94. The molecule has 4 rings (SSSR count). The molecule has 7 heteroatoms. The predicted molar refractivity (Wildman–Crippen MR) is 132 cm³/mol. The predicted octanol–water partition coefficient (Wildman–Crippen LogP) is 4.25. The molecule has 0 saturated carbocycles. The fraction of sp³-hybridized carbons (Fsp3) is 0.107. The number of anilines is 1. The maximum atomic E-state index is 13.2. The van der Waals surface area contributed by atoms with Crippen LogP contribution in [0.2, 0.25) is 0 Å². The van der Waals surface area contributed by atoms with E-state index in [0.29, 0.717) is 29.4 Å². The number of ether oxygens (including phenoxy) is 2. The van der Waals surface area contributed by atoms with E-state index in [1.807, 2.05) is 31.2 Å². The molecule has 0 spiro atoms. The lowest BCUT2D eigenvalue weighted by molar-refractivity contribution is -0.122. The summed E-state index contributed by atoms with van der Waals surface area (Å²) < 4.78 is 11.3. The van der Waals surface area contributed by atoms with Crippen molar-refractivity contribution in [2.75, 3.05) is 11.5 Å². The Bertz CT molecular complexity index is 1340. The maximum absolute atomic E-state index is 13.2. The Labute approximate surface area is 203 Å². The minimum absolute atomic E-state index is 0.0310.